The number of hydrogen-bond acceptors (Lipinski definition) is 12. The molecule has 0 spiro atoms. The number of pyridine rings is 1. The standard InChI is InChI=1S/C17H18F3N9O6S2/c18-17(19,20)16(30)35-7-9(6-21)27-37(33,34)11-2-1-10(8-3-4-24-12(22)5-8)13(14(11)36(23,31)32)15-25-28-29-26-15/h1-5,9,27H,6-7,21H2,(H2,22,24)(H2,23,31,32)(H,25,26,28,29). The molecule has 1 atom stereocenters. The number of esters is 1. The fourth-order valence-corrected chi connectivity index (χ4v) is 5.93. The van der Waals surface area contributed by atoms with Crippen LogP contribution in [0, 0.1) is 0 Å². The number of nitrogens with zero attached hydrogens (tertiary/aromatic N) is 4. The molecule has 3 rings (SSSR count). The van der Waals surface area contributed by atoms with Crippen molar-refractivity contribution in [2.45, 2.75) is 22.0 Å². The second-order valence-electron chi connectivity index (χ2n) is 7.22. The fraction of sp³-hybridized carbons (Fsp3) is 0.235. The molecule has 0 saturated carbocycles. The summed E-state index contributed by atoms with van der Waals surface area (Å²) in [4.78, 5) is 12.9. The van der Waals surface area contributed by atoms with E-state index in [-0.39, 0.29) is 28.3 Å². The quantitative estimate of drug-likeness (QED) is 0.193. The lowest BCUT2D eigenvalue weighted by atomic mass is 10.00. The van der Waals surface area contributed by atoms with Crippen molar-refractivity contribution in [2.24, 2.45) is 10.9 Å². The summed E-state index contributed by atoms with van der Waals surface area (Å²) in [6.07, 6.45) is -4.02. The van der Waals surface area contributed by atoms with Crippen LogP contribution in [0.1, 0.15) is 0 Å². The Labute approximate surface area is 206 Å². The van der Waals surface area contributed by atoms with Gasteiger partial charge in [0.1, 0.15) is 22.2 Å². The van der Waals surface area contributed by atoms with Gasteiger partial charge in [0.25, 0.3) is 0 Å². The van der Waals surface area contributed by atoms with Crippen molar-refractivity contribution in [3.05, 3.63) is 30.5 Å². The van der Waals surface area contributed by atoms with E-state index in [1.165, 1.54) is 24.4 Å². The van der Waals surface area contributed by atoms with E-state index in [9.17, 15) is 34.8 Å². The minimum absolute atomic E-state index is 0.0475. The van der Waals surface area contributed by atoms with Crippen LogP contribution in [0.2, 0.25) is 0 Å². The van der Waals surface area contributed by atoms with Gasteiger partial charge in [-0.2, -0.15) is 18.4 Å². The van der Waals surface area contributed by atoms with Crippen LogP contribution in [0.3, 0.4) is 0 Å². The van der Waals surface area contributed by atoms with Crippen molar-refractivity contribution in [3.8, 4) is 22.5 Å². The normalized spacial score (nSPS) is 13.3. The van der Waals surface area contributed by atoms with E-state index in [1.54, 1.807) is 0 Å². The molecule has 8 N–H and O–H groups in total. The number of H-pyrrole nitrogens is 1. The number of halogens is 3. The fourth-order valence-electron chi connectivity index (χ4n) is 3.09. The molecular formula is C17H18F3N9O6S2. The van der Waals surface area contributed by atoms with Gasteiger partial charge in [-0.1, -0.05) is 6.07 Å². The zero-order chi connectivity index (χ0) is 27.6. The molecule has 0 bridgehead atoms. The third kappa shape index (κ3) is 6.35. The van der Waals surface area contributed by atoms with Crippen LogP contribution in [0.15, 0.2) is 40.3 Å². The summed E-state index contributed by atoms with van der Waals surface area (Å²) >= 11 is 0. The number of anilines is 1. The number of ether oxygens (including phenoxy) is 1. The Morgan fingerprint density at radius 3 is 2.43 bits per heavy atom. The Bertz CT molecular complexity index is 1510. The molecule has 2 aromatic heterocycles. The number of alkyl halides is 3. The Balaban J connectivity index is 2.17. The van der Waals surface area contributed by atoms with E-state index in [1.807, 2.05) is 4.72 Å². The van der Waals surface area contributed by atoms with Crippen molar-refractivity contribution >= 4 is 31.8 Å². The molecular weight excluding hydrogens is 547 g/mol. The average molecular weight is 566 g/mol. The maximum Gasteiger partial charge on any atom is 0.490 e. The Morgan fingerprint density at radius 1 is 1.19 bits per heavy atom. The minimum atomic E-state index is -5.33. The van der Waals surface area contributed by atoms with E-state index in [2.05, 4.69) is 30.3 Å². The van der Waals surface area contributed by atoms with Crippen LogP contribution < -0.4 is 21.3 Å². The van der Waals surface area contributed by atoms with Crippen molar-refractivity contribution in [1.29, 1.82) is 0 Å². The van der Waals surface area contributed by atoms with Crippen molar-refractivity contribution in [2.75, 3.05) is 18.9 Å². The smallest absolute Gasteiger partial charge is 0.457 e. The number of hydrogen-bond donors (Lipinski definition) is 5. The lowest BCUT2D eigenvalue weighted by Gasteiger charge is -2.20. The predicted octanol–water partition coefficient (Wildman–Crippen LogP) is -1.13. The van der Waals surface area contributed by atoms with Crippen molar-refractivity contribution < 1.29 is 39.5 Å². The molecule has 0 saturated heterocycles. The molecule has 1 aromatic carbocycles. The molecule has 15 nitrogen and oxygen atoms in total. The number of rotatable bonds is 9. The van der Waals surface area contributed by atoms with E-state index in [4.69, 9.17) is 16.6 Å². The molecule has 0 aliphatic rings. The van der Waals surface area contributed by atoms with Gasteiger partial charge in [-0.05, 0) is 34.5 Å². The first-order valence-electron chi connectivity index (χ1n) is 9.77. The third-order valence-electron chi connectivity index (χ3n) is 4.61. The van der Waals surface area contributed by atoms with Crippen LogP contribution in [0.4, 0.5) is 19.0 Å². The van der Waals surface area contributed by atoms with Crippen LogP contribution in [0.25, 0.3) is 22.5 Å². The minimum Gasteiger partial charge on any atom is -0.457 e. The van der Waals surface area contributed by atoms with Crippen LogP contribution in [-0.2, 0) is 29.6 Å². The molecule has 200 valence electrons. The summed E-state index contributed by atoms with van der Waals surface area (Å²) in [6, 6.07) is 3.31. The van der Waals surface area contributed by atoms with E-state index in [0.29, 0.717) is 0 Å². The zero-order valence-corrected chi connectivity index (χ0v) is 19.9. The molecule has 1 unspecified atom stereocenters. The van der Waals surface area contributed by atoms with Gasteiger partial charge in [0.15, 0.2) is 0 Å². The highest BCUT2D eigenvalue weighted by Crippen LogP contribution is 2.38. The van der Waals surface area contributed by atoms with Crippen LogP contribution in [0.5, 0.6) is 0 Å². The van der Waals surface area contributed by atoms with Crippen molar-refractivity contribution in [1.82, 2.24) is 30.3 Å². The van der Waals surface area contributed by atoms with Gasteiger partial charge in [0.05, 0.1) is 11.6 Å². The first-order chi connectivity index (χ1) is 17.1. The molecule has 0 amide bonds. The zero-order valence-electron chi connectivity index (χ0n) is 18.3. The number of aromatic nitrogens is 5. The average Bonchev–Trinajstić information content (AvgIpc) is 3.34. The van der Waals surface area contributed by atoms with E-state index in [0.717, 1.165) is 6.07 Å². The number of nitrogens with two attached hydrogens (primary N) is 3. The molecule has 20 heteroatoms. The lowest BCUT2D eigenvalue weighted by Crippen LogP contribution is -2.45. The molecule has 0 fully saturated rings. The first-order valence-corrected chi connectivity index (χ1v) is 12.8. The number of aromatic amines is 1. The highest BCUT2D eigenvalue weighted by atomic mass is 32.2. The molecule has 0 aliphatic heterocycles. The summed E-state index contributed by atoms with van der Waals surface area (Å²) < 4.78 is 95.0. The molecule has 2 heterocycles. The van der Waals surface area contributed by atoms with Crippen molar-refractivity contribution in [3.63, 3.8) is 0 Å². The summed E-state index contributed by atoms with van der Waals surface area (Å²) in [5, 5.41) is 18.3. The number of carbonyl (C=O) groups excluding carboxylic acids is 1. The summed E-state index contributed by atoms with van der Waals surface area (Å²) in [5.74, 6) is -2.89. The topological polar surface area (TPSA) is 252 Å². The Morgan fingerprint density at radius 2 is 1.89 bits per heavy atom. The molecule has 0 radical (unpaired) electrons. The maximum absolute atomic E-state index is 13.2. The number of tetrazole rings is 1. The van der Waals surface area contributed by atoms with Gasteiger partial charge in [0, 0.05) is 12.7 Å². The second kappa shape index (κ2) is 10.3. The number of nitrogens with one attached hydrogen (secondary N) is 2. The molecule has 0 aliphatic carbocycles. The largest absolute Gasteiger partial charge is 0.490 e. The number of carbonyl (C=O) groups is 1. The van der Waals surface area contributed by atoms with Gasteiger partial charge in [-0.15, -0.1) is 10.2 Å². The van der Waals surface area contributed by atoms with Crippen LogP contribution >= 0.6 is 0 Å². The van der Waals surface area contributed by atoms with Gasteiger partial charge in [-0.3, -0.25) is 0 Å². The Kier molecular flexibility index (Phi) is 7.78. The molecule has 37 heavy (non-hydrogen) atoms. The van der Waals surface area contributed by atoms with Crippen LogP contribution in [-0.4, -0.2) is 73.8 Å². The highest BCUT2D eigenvalue weighted by molar-refractivity contribution is 7.92. The predicted molar refractivity (Wildman–Crippen MR) is 119 cm³/mol. The molecule has 3 aromatic rings. The SMILES string of the molecule is NCC(COC(=O)C(F)(F)F)NS(=O)(=O)c1ccc(-c2ccnc(N)c2)c(-c2nn[nH]n2)c1S(N)(=O)=O. The monoisotopic (exact) mass is 565 g/mol. The highest BCUT2D eigenvalue weighted by Gasteiger charge is 2.41. The Hall–Kier alpha value is -3.72. The first kappa shape index (κ1) is 27.9. The van der Waals surface area contributed by atoms with E-state index >= 15 is 0 Å². The van der Waals surface area contributed by atoms with Gasteiger partial charge in [-0.25, -0.2) is 36.5 Å². The number of benzene rings is 1. The van der Waals surface area contributed by atoms with Gasteiger partial charge >= 0.3 is 12.1 Å². The number of sulfonamides is 2. The maximum atomic E-state index is 13.2. The number of primary sulfonamides is 1. The lowest BCUT2D eigenvalue weighted by molar-refractivity contribution is -0.200. The van der Waals surface area contributed by atoms with Gasteiger partial charge in [0.2, 0.25) is 25.9 Å². The summed E-state index contributed by atoms with van der Waals surface area (Å²) in [5.41, 5.74) is 11.1. The summed E-state index contributed by atoms with van der Waals surface area (Å²) in [7, 11) is -9.73. The van der Waals surface area contributed by atoms with E-state index < -0.39 is 61.2 Å². The second-order valence-corrected chi connectivity index (χ2v) is 10.4. The number of nitrogen functional groups attached to an aromatic ring is 1. The van der Waals surface area contributed by atoms with Gasteiger partial charge < -0.3 is 16.2 Å². The summed E-state index contributed by atoms with van der Waals surface area (Å²) in [6.45, 7) is -1.73. The third-order valence-corrected chi connectivity index (χ3v) is 7.30.